The van der Waals surface area contributed by atoms with E-state index in [0.717, 1.165) is 11.3 Å². The van der Waals surface area contributed by atoms with Gasteiger partial charge < -0.3 is 15.2 Å². The standard InChI is InChI=1S/C13H22N2O2/c1-13(2,3)17-7-6-16-10-11-4-5-15-12(8-11)9-14/h4-5,8H,6-7,9-10,14H2,1-3H3. The highest BCUT2D eigenvalue weighted by atomic mass is 16.5. The number of pyridine rings is 1. The molecule has 0 aliphatic rings. The largest absolute Gasteiger partial charge is 0.374 e. The van der Waals surface area contributed by atoms with Crippen LogP contribution in [0.4, 0.5) is 0 Å². The van der Waals surface area contributed by atoms with Crippen LogP contribution in [0.25, 0.3) is 0 Å². The molecular weight excluding hydrogens is 216 g/mol. The van der Waals surface area contributed by atoms with Crippen molar-refractivity contribution in [3.05, 3.63) is 29.6 Å². The molecule has 1 aromatic heterocycles. The van der Waals surface area contributed by atoms with E-state index in [0.29, 0.717) is 26.4 Å². The molecule has 1 heterocycles. The number of hydrogen-bond donors (Lipinski definition) is 1. The first-order valence-corrected chi connectivity index (χ1v) is 5.87. The van der Waals surface area contributed by atoms with Crippen molar-refractivity contribution in [1.82, 2.24) is 4.98 Å². The van der Waals surface area contributed by atoms with Crippen LogP contribution in [0.5, 0.6) is 0 Å². The van der Waals surface area contributed by atoms with Gasteiger partial charge in [-0.3, -0.25) is 4.98 Å². The van der Waals surface area contributed by atoms with Gasteiger partial charge in [-0.25, -0.2) is 0 Å². The lowest BCUT2D eigenvalue weighted by molar-refractivity contribution is -0.0376. The Hall–Kier alpha value is -0.970. The number of nitrogens with zero attached hydrogens (tertiary/aromatic N) is 1. The summed E-state index contributed by atoms with van der Waals surface area (Å²) in [7, 11) is 0. The zero-order valence-electron chi connectivity index (χ0n) is 10.9. The maximum absolute atomic E-state index is 5.55. The molecule has 0 saturated carbocycles. The van der Waals surface area contributed by atoms with E-state index in [-0.39, 0.29) is 5.60 Å². The number of aromatic nitrogens is 1. The third-order valence-corrected chi connectivity index (χ3v) is 2.12. The minimum atomic E-state index is -0.104. The van der Waals surface area contributed by atoms with Gasteiger partial charge in [-0.2, -0.15) is 0 Å². The molecule has 0 bridgehead atoms. The van der Waals surface area contributed by atoms with Gasteiger partial charge >= 0.3 is 0 Å². The first-order chi connectivity index (χ1) is 8.01. The maximum Gasteiger partial charge on any atom is 0.0719 e. The van der Waals surface area contributed by atoms with Crippen molar-refractivity contribution in [2.24, 2.45) is 5.73 Å². The van der Waals surface area contributed by atoms with Gasteiger partial charge in [0, 0.05) is 12.7 Å². The molecule has 0 saturated heterocycles. The lowest BCUT2D eigenvalue weighted by atomic mass is 10.2. The average molecular weight is 238 g/mol. The second kappa shape index (κ2) is 6.69. The Kier molecular flexibility index (Phi) is 5.55. The molecule has 4 heteroatoms. The number of ether oxygens (including phenoxy) is 2. The summed E-state index contributed by atoms with van der Waals surface area (Å²) < 4.78 is 11.1. The van der Waals surface area contributed by atoms with Gasteiger partial charge in [-0.1, -0.05) is 0 Å². The molecule has 0 atom stereocenters. The topological polar surface area (TPSA) is 57.4 Å². The van der Waals surface area contributed by atoms with Crippen LogP contribution in [0.1, 0.15) is 32.0 Å². The van der Waals surface area contributed by atoms with Gasteiger partial charge in [-0.15, -0.1) is 0 Å². The number of rotatable bonds is 6. The van der Waals surface area contributed by atoms with Crippen molar-refractivity contribution in [3.8, 4) is 0 Å². The first-order valence-electron chi connectivity index (χ1n) is 5.87. The molecule has 1 rings (SSSR count). The molecule has 96 valence electrons. The van der Waals surface area contributed by atoms with Crippen LogP contribution in [-0.4, -0.2) is 23.8 Å². The van der Waals surface area contributed by atoms with Crippen LogP contribution in [0.15, 0.2) is 18.3 Å². The highest BCUT2D eigenvalue weighted by molar-refractivity contribution is 5.15. The van der Waals surface area contributed by atoms with Crippen molar-refractivity contribution >= 4 is 0 Å². The first kappa shape index (κ1) is 14.1. The van der Waals surface area contributed by atoms with Gasteiger partial charge in [0.05, 0.1) is 31.1 Å². The summed E-state index contributed by atoms with van der Waals surface area (Å²) in [6.07, 6.45) is 1.76. The predicted octanol–water partition coefficient (Wildman–Crippen LogP) is 1.87. The smallest absolute Gasteiger partial charge is 0.0719 e. The van der Waals surface area contributed by atoms with Crippen LogP contribution in [0.3, 0.4) is 0 Å². The number of nitrogens with two attached hydrogens (primary N) is 1. The molecule has 0 unspecified atom stereocenters. The van der Waals surface area contributed by atoms with Crippen molar-refractivity contribution in [1.29, 1.82) is 0 Å². The van der Waals surface area contributed by atoms with E-state index in [1.165, 1.54) is 0 Å². The molecule has 17 heavy (non-hydrogen) atoms. The molecule has 4 nitrogen and oxygen atoms in total. The normalized spacial score (nSPS) is 11.8. The lowest BCUT2D eigenvalue weighted by Gasteiger charge is -2.19. The monoisotopic (exact) mass is 238 g/mol. The Balaban J connectivity index is 2.22. The number of hydrogen-bond acceptors (Lipinski definition) is 4. The minimum absolute atomic E-state index is 0.104. The van der Waals surface area contributed by atoms with Crippen molar-refractivity contribution in [2.75, 3.05) is 13.2 Å². The van der Waals surface area contributed by atoms with Gasteiger partial charge in [0.25, 0.3) is 0 Å². The zero-order valence-corrected chi connectivity index (χ0v) is 10.9. The highest BCUT2D eigenvalue weighted by Crippen LogP contribution is 2.07. The molecule has 0 aliphatic heterocycles. The van der Waals surface area contributed by atoms with Crippen LogP contribution in [0.2, 0.25) is 0 Å². The predicted molar refractivity (Wildman–Crippen MR) is 67.5 cm³/mol. The molecule has 0 amide bonds. The molecule has 0 aliphatic carbocycles. The Morgan fingerprint density at radius 3 is 2.71 bits per heavy atom. The molecule has 0 radical (unpaired) electrons. The van der Waals surface area contributed by atoms with Crippen LogP contribution >= 0.6 is 0 Å². The summed E-state index contributed by atoms with van der Waals surface area (Å²) in [5, 5.41) is 0. The van der Waals surface area contributed by atoms with Gasteiger partial charge in [-0.05, 0) is 38.5 Å². The summed E-state index contributed by atoms with van der Waals surface area (Å²) in [5.74, 6) is 0. The van der Waals surface area contributed by atoms with E-state index in [2.05, 4.69) is 4.98 Å². The van der Waals surface area contributed by atoms with E-state index in [9.17, 15) is 0 Å². The molecule has 2 N–H and O–H groups in total. The summed E-state index contributed by atoms with van der Waals surface area (Å²) in [6, 6.07) is 3.90. The van der Waals surface area contributed by atoms with E-state index in [4.69, 9.17) is 15.2 Å². The lowest BCUT2D eigenvalue weighted by Crippen LogP contribution is -2.21. The SMILES string of the molecule is CC(C)(C)OCCOCc1ccnc(CN)c1. The zero-order chi connectivity index (χ0) is 12.7. The van der Waals surface area contributed by atoms with E-state index < -0.39 is 0 Å². The fraction of sp³-hybridized carbons (Fsp3) is 0.615. The van der Waals surface area contributed by atoms with Gasteiger partial charge in [0.2, 0.25) is 0 Å². The maximum atomic E-state index is 5.55. The molecule has 1 aromatic rings. The van der Waals surface area contributed by atoms with Gasteiger partial charge in [0.15, 0.2) is 0 Å². The van der Waals surface area contributed by atoms with E-state index >= 15 is 0 Å². The fourth-order valence-electron chi connectivity index (χ4n) is 1.33. The minimum Gasteiger partial charge on any atom is -0.374 e. The Morgan fingerprint density at radius 2 is 2.06 bits per heavy atom. The Morgan fingerprint density at radius 1 is 1.29 bits per heavy atom. The highest BCUT2D eigenvalue weighted by Gasteiger charge is 2.08. The second-order valence-electron chi connectivity index (χ2n) is 4.87. The van der Waals surface area contributed by atoms with Gasteiger partial charge in [0.1, 0.15) is 0 Å². The van der Waals surface area contributed by atoms with E-state index in [1.54, 1.807) is 6.20 Å². The van der Waals surface area contributed by atoms with Crippen molar-refractivity contribution in [2.45, 2.75) is 39.5 Å². The summed E-state index contributed by atoms with van der Waals surface area (Å²) in [6.45, 7) is 8.33. The third kappa shape index (κ3) is 6.36. The van der Waals surface area contributed by atoms with Crippen molar-refractivity contribution < 1.29 is 9.47 Å². The molecule has 0 aromatic carbocycles. The average Bonchev–Trinajstić information content (AvgIpc) is 2.27. The Labute approximate surface area is 103 Å². The molecular formula is C13H22N2O2. The Bertz CT molecular complexity index is 334. The summed E-state index contributed by atoms with van der Waals surface area (Å²) in [5.41, 5.74) is 7.40. The summed E-state index contributed by atoms with van der Waals surface area (Å²) >= 11 is 0. The van der Waals surface area contributed by atoms with Crippen LogP contribution in [-0.2, 0) is 22.6 Å². The molecule has 0 fully saturated rings. The fourth-order valence-corrected chi connectivity index (χ4v) is 1.33. The molecule has 0 spiro atoms. The van der Waals surface area contributed by atoms with Crippen LogP contribution in [0, 0.1) is 0 Å². The summed E-state index contributed by atoms with van der Waals surface area (Å²) in [4.78, 5) is 4.13. The third-order valence-electron chi connectivity index (χ3n) is 2.12. The van der Waals surface area contributed by atoms with Crippen LogP contribution < -0.4 is 5.73 Å². The van der Waals surface area contributed by atoms with E-state index in [1.807, 2.05) is 32.9 Å². The van der Waals surface area contributed by atoms with Crippen molar-refractivity contribution in [3.63, 3.8) is 0 Å². The quantitative estimate of drug-likeness (QED) is 0.769. The second-order valence-corrected chi connectivity index (χ2v) is 4.87.